The van der Waals surface area contributed by atoms with Crippen LogP contribution in [0.4, 0.5) is 0 Å². The molecule has 0 atom stereocenters. The number of hydrogen-bond donors (Lipinski definition) is 2. The fourth-order valence-electron chi connectivity index (χ4n) is 2.49. The lowest BCUT2D eigenvalue weighted by molar-refractivity contribution is 0.0945. The van der Waals surface area contributed by atoms with Crippen LogP contribution in [0.15, 0.2) is 0 Å². The second kappa shape index (κ2) is 3.72. The molecule has 0 aliphatic heterocycles. The van der Waals surface area contributed by atoms with Gasteiger partial charge < -0.3 is 10.3 Å². The molecular weight excluding hydrogens is 216 g/mol. The van der Waals surface area contributed by atoms with Crippen LogP contribution in [0.25, 0.3) is 0 Å². The smallest absolute Gasteiger partial charge is 0.268 e. The molecule has 90 valence electrons. The van der Waals surface area contributed by atoms with Crippen LogP contribution >= 0.6 is 0 Å². The molecule has 4 heteroatoms. The Morgan fingerprint density at radius 1 is 1.35 bits per heavy atom. The van der Waals surface area contributed by atoms with Crippen molar-refractivity contribution < 1.29 is 9.59 Å². The second-order valence-corrected chi connectivity index (χ2v) is 5.00. The molecule has 3 rings (SSSR count). The quantitative estimate of drug-likeness (QED) is 0.815. The monoisotopic (exact) mass is 232 g/mol. The summed E-state index contributed by atoms with van der Waals surface area (Å²) in [6, 6.07) is 0.345. The van der Waals surface area contributed by atoms with Crippen LogP contribution in [0.2, 0.25) is 0 Å². The third kappa shape index (κ3) is 1.77. The molecule has 17 heavy (non-hydrogen) atoms. The molecule has 2 aliphatic rings. The Morgan fingerprint density at radius 3 is 2.76 bits per heavy atom. The second-order valence-electron chi connectivity index (χ2n) is 5.00. The van der Waals surface area contributed by atoms with Crippen LogP contribution < -0.4 is 5.32 Å². The van der Waals surface area contributed by atoms with E-state index in [0.717, 1.165) is 42.5 Å². The van der Waals surface area contributed by atoms with E-state index in [1.54, 1.807) is 0 Å². The number of nitrogens with one attached hydrogen (secondary N) is 2. The van der Waals surface area contributed by atoms with E-state index in [4.69, 9.17) is 0 Å². The molecule has 0 unspecified atom stereocenters. The van der Waals surface area contributed by atoms with Gasteiger partial charge in [0.25, 0.3) is 5.91 Å². The maximum atomic E-state index is 12.0. The van der Waals surface area contributed by atoms with Crippen LogP contribution in [0.5, 0.6) is 0 Å². The minimum absolute atomic E-state index is 0.0628. The number of carbonyl (C=O) groups is 2. The zero-order valence-electron chi connectivity index (χ0n) is 9.93. The highest BCUT2D eigenvalue weighted by Gasteiger charge is 2.29. The van der Waals surface area contributed by atoms with Crippen LogP contribution in [0.1, 0.15) is 57.8 Å². The van der Waals surface area contributed by atoms with E-state index in [2.05, 4.69) is 10.3 Å². The van der Waals surface area contributed by atoms with Crippen molar-refractivity contribution in [2.45, 2.75) is 45.1 Å². The van der Waals surface area contributed by atoms with Gasteiger partial charge in [-0.05, 0) is 38.2 Å². The molecule has 1 aromatic rings. The zero-order chi connectivity index (χ0) is 12.0. The Balaban J connectivity index is 1.94. The third-order valence-electron chi connectivity index (χ3n) is 3.58. The SMILES string of the molecule is Cc1c(C(=O)NC2CC2)[nH]c2c1C(=O)CCC2. The first kappa shape index (κ1) is 10.6. The standard InChI is InChI=1S/C13H16N2O2/c1-7-11-9(3-2-4-10(11)16)15-12(7)13(17)14-8-5-6-8/h8,15H,2-6H2,1H3,(H,14,17). The Hall–Kier alpha value is -1.58. The van der Waals surface area contributed by atoms with E-state index in [-0.39, 0.29) is 11.7 Å². The number of aromatic nitrogens is 1. The molecule has 1 amide bonds. The van der Waals surface area contributed by atoms with E-state index < -0.39 is 0 Å². The van der Waals surface area contributed by atoms with E-state index >= 15 is 0 Å². The van der Waals surface area contributed by atoms with Crippen LogP contribution in [-0.4, -0.2) is 22.7 Å². The number of rotatable bonds is 2. The molecule has 4 nitrogen and oxygen atoms in total. The highest BCUT2D eigenvalue weighted by atomic mass is 16.2. The van der Waals surface area contributed by atoms with Crippen molar-refractivity contribution >= 4 is 11.7 Å². The van der Waals surface area contributed by atoms with Gasteiger partial charge in [0.1, 0.15) is 5.69 Å². The number of Topliss-reactive ketones (excluding diaryl/α,β-unsaturated/α-hetero) is 1. The fourth-order valence-corrected chi connectivity index (χ4v) is 2.49. The summed E-state index contributed by atoms with van der Waals surface area (Å²) in [6.07, 6.45) is 4.51. The molecule has 2 N–H and O–H groups in total. The zero-order valence-corrected chi connectivity index (χ0v) is 9.93. The Kier molecular flexibility index (Phi) is 2.31. The average Bonchev–Trinajstić information content (AvgIpc) is 3.02. The summed E-state index contributed by atoms with van der Waals surface area (Å²) in [4.78, 5) is 26.9. The van der Waals surface area contributed by atoms with E-state index in [1.807, 2.05) is 6.92 Å². The molecule has 1 heterocycles. The molecule has 0 aromatic carbocycles. The van der Waals surface area contributed by atoms with Gasteiger partial charge in [-0.2, -0.15) is 0 Å². The number of amides is 1. The topological polar surface area (TPSA) is 62.0 Å². The number of carbonyl (C=O) groups excluding carboxylic acids is 2. The molecule has 0 bridgehead atoms. The first-order valence-corrected chi connectivity index (χ1v) is 6.22. The van der Waals surface area contributed by atoms with Gasteiger partial charge in [-0.15, -0.1) is 0 Å². The highest BCUT2D eigenvalue weighted by molar-refractivity contribution is 6.04. The summed E-state index contributed by atoms with van der Waals surface area (Å²) in [5.41, 5.74) is 3.11. The number of aromatic amines is 1. The third-order valence-corrected chi connectivity index (χ3v) is 3.58. The van der Waals surface area contributed by atoms with Gasteiger partial charge in [-0.3, -0.25) is 9.59 Å². The number of ketones is 1. The van der Waals surface area contributed by atoms with Crippen LogP contribution in [0.3, 0.4) is 0 Å². The van der Waals surface area contributed by atoms with Crippen molar-refractivity contribution in [3.05, 3.63) is 22.5 Å². The number of hydrogen-bond acceptors (Lipinski definition) is 2. The minimum atomic E-state index is -0.0628. The lowest BCUT2D eigenvalue weighted by Crippen LogP contribution is -2.26. The predicted octanol–water partition coefficient (Wildman–Crippen LogP) is 1.73. The van der Waals surface area contributed by atoms with Crippen molar-refractivity contribution in [3.63, 3.8) is 0 Å². The van der Waals surface area contributed by atoms with Crippen molar-refractivity contribution in [1.82, 2.24) is 10.3 Å². The number of aryl methyl sites for hydroxylation is 1. The normalized spacial score (nSPS) is 19.0. The first-order valence-electron chi connectivity index (χ1n) is 6.22. The van der Waals surface area contributed by atoms with E-state index in [1.165, 1.54) is 0 Å². The number of H-pyrrole nitrogens is 1. The largest absolute Gasteiger partial charge is 0.354 e. The lowest BCUT2D eigenvalue weighted by Gasteiger charge is -2.09. The molecule has 2 aliphatic carbocycles. The van der Waals surface area contributed by atoms with E-state index in [0.29, 0.717) is 18.2 Å². The average molecular weight is 232 g/mol. The Morgan fingerprint density at radius 2 is 2.12 bits per heavy atom. The van der Waals surface area contributed by atoms with Gasteiger partial charge in [0.05, 0.1) is 0 Å². The summed E-state index contributed by atoms with van der Waals surface area (Å²) in [6.45, 7) is 1.86. The summed E-state index contributed by atoms with van der Waals surface area (Å²) in [5, 5.41) is 2.95. The van der Waals surface area contributed by atoms with Crippen LogP contribution in [-0.2, 0) is 6.42 Å². The predicted molar refractivity (Wildman–Crippen MR) is 63.3 cm³/mol. The Bertz CT molecular complexity index is 498. The molecule has 0 saturated heterocycles. The van der Waals surface area contributed by atoms with Gasteiger partial charge in [0.2, 0.25) is 0 Å². The Labute approximate surface area is 99.8 Å². The lowest BCUT2D eigenvalue weighted by atomic mass is 9.94. The highest BCUT2D eigenvalue weighted by Crippen LogP contribution is 2.27. The molecule has 1 fully saturated rings. The summed E-state index contributed by atoms with van der Waals surface area (Å²) >= 11 is 0. The summed E-state index contributed by atoms with van der Waals surface area (Å²) in [5.74, 6) is 0.109. The van der Waals surface area contributed by atoms with Gasteiger partial charge in [-0.1, -0.05) is 0 Å². The molecular formula is C13H16N2O2. The van der Waals surface area contributed by atoms with Gasteiger partial charge in [0, 0.05) is 23.7 Å². The summed E-state index contributed by atoms with van der Waals surface area (Å²) in [7, 11) is 0. The maximum Gasteiger partial charge on any atom is 0.268 e. The number of fused-ring (bicyclic) bond motifs is 1. The van der Waals surface area contributed by atoms with Gasteiger partial charge in [0.15, 0.2) is 5.78 Å². The molecule has 0 radical (unpaired) electrons. The molecule has 1 aromatic heterocycles. The van der Waals surface area contributed by atoms with Crippen molar-refractivity contribution in [2.75, 3.05) is 0 Å². The van der Waals surface area contributed by atoms with Crippen molar-refractivity contribution in [1.29, 1.82) is 0 Å². The van der Waals surface area contributed by atoms with Crippen LogP contribution in [0, 0.1) is 6.92 Å². The van der Waals surface area contributed by atoms with Crippen molar-refractivity contribution in [2.24, 2.45) is 0 Å². The first-order chi connectivity index (χ1) is 8.16. The maximum absolute atomic E-state index is 12.0. The summed E-state index contributed by atoms with van der Waals surface area (Å²) < 4.78 is 0. The van der Waals surface area contributed by atoms with Crippen molar-refractivity contribution in [3.8, 4) is 0 Å². The van der Waals surface area contributed by atoms with E-state index in [9.17, 15) is 9.59 Å². The molecule has 0 spiro atoms. The minimum Gasteiger partial charge on any atom is -0.354 e. The van der Waals surface area contributed by atoms with Gasteiger partial charge in [-0.25, -0.2) is 0 Å². The van der Waals surface area contributed by atoms with Gasteiger partial charge >= 0.3 is 0 Å². The molecule has 1 saturated carbocycles. The fraction of sp³-hybridized carbons (Fsp3) is 0.538.